The molecule has 0 spiro atoms. The first-order chi connectivity index (χ1) is 11.7. The fourth-order valence-corrected chi connectivity index (χ4v) is 2.65. The molecule has 0 aliphatic rings. The Hall–Kier alpha value is -3.13. The van der Waals surface area contributed by atoms with E-state index in [1.807, 2.05) is 43.3 Å². The topological polar surface area (TPSA) is 57.7 Å². The number of para-hydroxylation sites is 1. The largest absolute Gasteiger partial charge is 0.373 e. The molecule has 3 rings (SSSR count). The second kappa shape index (κ2) is 6.97. The Kier molecular flexibility index (Phi) is 4.57. The third kappa shape index (κ3) is 3.28. The van der Waals surface area contributed by atoms with Gasteiger partial charge in [0.15, 0.2) is 5.82 Å². The molecule has 24 heavy (non-hydrogen) atoms. The van der Waals surface area contributed by atoms with Crippen LogP contribution in [0.1, 0.15) is 11.4 Å². The van der Waals surface area contributed by atoms with Crippen molar-refractivity contribution in [3.8, 4) is 17.5 Å². The molecule has 1 heterocycles. The fraction of sp³-hybridized carbons (Fsp3) is 0.211. The molecule has 0 fully saturated rings. The summed E-state index contributed by atoms with van der Waals surface area (Å²) in [7, 11) is 2.07. The van der Waals surface area contributed by atoms with Crippen LogP contribution >= 0.6 is 0 Å². The lowest BCUT2D eigenvalue weighted by Gasteiger charge is -2.20. The van der Waals surface area contributed by atoms with Gasteiger partial charge in [-0.1, -0.05) is 30.3 Å². The lowest BCUT2D eigenvalue weighted by Crippen LogP contribution is -2.23. The predicted octanol–water partition coefficient (Wildman–Crippen LogP) is 3.26. The molecule has 0 atom stereocenters. The third-order valence-corrected chi connectivity index (χ3v) is 4.04. The first-order valence-electron chi connectivity index (χ1n) is 7.85. The van der Waals surface area contributed by atoms with E-state index in [4.69, 9.17) is 5.26 Å². The molecule has 2 aromatic carbocycles. The Morgan fingerprint density at radius 1 is 1.08 bits per heavy atom. The van der Waals surface area contributed by atoms with Gasteiger partial charge in [0.1, 0.15) is 5.82 Å². The minimum Gasteiger partial charge on any atom is -0.373 e. The molecular weight excluding hydrogens is 298 g/mol. The summed E-state index contributed by atoms with van der Waals surface area (Å²) >= 11 is 0. The van der Waals surface area contributed by atoms with Crippen LogP contribution in [0.3, 0.4) is 0 Å². The van der Waals surface area contributed by atoms with E-state index in [0.717, 1.165) is 30.3 Å². The standard InChI is InChI=1S/C19H19N5/c1-15-21-22-19(17-8-6-7-16(13-17)14-20)24(15)12-11-23(2)18-9-4-3-5-10-18/h3-10,13H,11-12H2,1-2H3. The third-order valence-electron chi connectivity index (χ3n) is 4.04. The van der Waals surface area contributed by atoms with Crippen molar-refractivity contribution in [2.45, 2.75) is 13.5 Å². The second-order valence-corrected chi connectivity index (χ2v) is 5.67. The fourth-order valence-electron chi connectivity index (χ4n) is 2.65. The number of nitrogens with zero attached hydrogens (tertiary/aromatic N) is 5. The molecule has 0 aliphatic carbocycles. The van der Waals surface area contributed by atoms with Crippen LogP contribution in [0.5, 0.6) is 0 Å². The van der Waals surface area contributed by atoms with Crippen LogP contribution in [0.2, 0.25) is 0 Å². The van der Waals surface area contributed by atoms with Gasteiger partial charge >= 0.3 is 0 Å². The highest BCUT2D eigenvalue weighted by Gasteiger charge is 2.12. The molecule has 1 aromatic heterocycles. The highest BCUT2D eigenvalue weighted by Crippen LogP contribution is 2.20. The number of hydrogen-bond acceptors (Lipinski definition) is 4. The summed E-state index contributed by atoms with van der Waals surface area (Å²) in [5.41, 5.74) is 2.72. The number of benzene rings is 2. The zero-order chi connectivity index (χ0) is 16.9. The molecule has 0 bridgehead atoms. The molecule has 0 saturated heterocycles. The predicted molar refractivity (Wildman–Crippen MR) is 94.6 cm³/mol. The van der Waals surface area contributed by atoms with Crippen LogP contribution in [0.25, 0.3) is 11.4 Å². The summed E-state index contributed by atoms with van der Waals surface area (Å²) < 4.78 is 2.09. The van der Waals surface area contributed by atoms with Crippen molar-refractivity contribution in [1.29, 1.82) is 5.26 Å². The number of hydrogen-bond donors (Lipinski definition) is 0. The van der Waals surface area contributed by atoms with Gasteiger partial charge < -0.3 is 9.47 Å². The Morgan fingerprint density at radius 3 is 2.62 bits per heavy atom. The van der Waals surface area contributed by atoms with Crippen molar-refractivity contribution in [2.24, 2.45) is 0 Å². The van der Waals surface area contributed by atoms with Gasteiger partial charge in [-0.2, -0.15) is 5.26 Å². The van der Waals surface area contributed by atoms with Crippen LogP contribution in [0.4, 0.5) is 5.69 Å². The first kappa shape index (κ1) is 15.8. The zero-order valence-electron chi connectivity index (χ0n) is 13.8. The number of rotatable bonds is 5. The molecule has 3 aromatic rings. The van der Waals surface area contributed by atoms with Gasteiger partial charge in [0.05, 0.1) is 11.6 Å². The molecule has 0 radical (unpaired) electrons. The van der Waals surface area contributed by atoms with E-state index in [1.165, 1.54) is 5.69 Å². The second-order valence-electron chi connectivity index (χ2n) is 5.67. The molecule has 0 aliphatic heterocycles. The summed E-state index contributed by atoms with van der Waals surface area (Å²) in [6.07, 6.45) is 0. The number of nitriles is 1. The van der Waals surface area contributed by atoms with Gasteiger partial charge in [-0.3, -0.25) is 0 Å². The van der Waals surface area contributed by atoms with Gasteiger partial charge in [0.2, 0.25) is 0 Å². The summed E-state index contributed by atoms with van der Waals surface area (Å²) in [6.45, 7) is 3.57. The zero-order valence-corrected chi connectivity index (χ0v) is 13.8. The molecule has 0 unspecified atom stereocenters. The molecular formula is C19H19N5. The number of anilines is 1. The van der Waals surface area contributed by atoms with Gasteiger partial charge in [0.25, 0.3) is 0 Å². The quantitative estimate of drug-likeness (QED) is 0.725. The molecule has 5 heteroatoms. The van der Waals surface area contributed by atoms with Crippen molar-refractivity contribution >= 4 is 5.69 Å². The SMILES string of the molecule is Cc1nnc(-c2cccc(C#N)c2)n1CCN(C)c1ccccc1. The maximum absolute atomic E-state index is 9.09. The van der Waals surface area contributed by atoms with E-state index in [-0.39, 0.29) is 0 Å². The Bertz CT molecular complexity index is 861. The molecule has 120 valence electrons. The molecule has 0 N–H and O–H groups in total. The molecule has 5 nitrogen and oxygen atoms in total. The van der Waals surface area contributed by atoms with Gasteiger partial charge in [-0.05, 0) is 31.2 Å². The minimum absolute atomic E-state index is 0.626. The van der Waals surface area contributed by atoms with Crippen molar-refractivity contribution in [2.75, 3.05) is 18.5 Å². The Labute approximate surface area is 141 Å². The summed E-state index contributed by atoms with van der Waals surface area (Å²) in [6, 6.07) is 19.9. The van der Waals surface area contributed by atoms with E-state index in [9.17, 15) is 0 Å². The van der Waals surface area contributed by atoms with Gasteiger partial charge in [-0.15, -0.1) is 10.2 Å². The van der Waals surface area contributed by atoms with Crippen molar-refractivity contribution in [3.05, 3.63) is 66.0 Å². The summed E-state index contributed by atoms with van der Waals surface area (Å²) in [5, 5.41) is 17.6. The molecule has 0 saturated carbocycles. The lowest BCUT2D eigenvalue weighted by molar-refractivity contribution is 0.669. The molecule has 0 amide bonds. The monoisotopic (exact) mass is 317 g/mol. The minimum atomic E-state index is 0.626. The maximum Gasteiger partial charge on any atom is 0.164 e. The van der Waals surface area contributed by atoms with Crippen LogP contribution in [0.15, 0.2) is 54.6 Å². The number of likely N-dealkylation sites (N-methyl/N-ethyl adjacent to an activating group) is 1. The summed E-state index contributed by atoms with van der Waals surface area (Å²) in [4.78, 5) is 2.20. The van der Waals surface area contributed by atoms with Crippen molar-refractivity contribution in [3.63, 3.8) is 0 Å². The van der Waals surface area contributed by atoms with Gasteiger partial charge in [0, 0.05) is 31.4 Å². The van der Waals surface area contributed by atoms with Crippen LogP contribution in [0, 0.1) is 18.3 Å². The highest BCUT2D eigenvalue weighted by atomic mass is 15.3. The average molecular weight is 317 g/mol. The van der Waals surface area contributed by atoms with Crippen LogP contribution in [-0.4, -0.2) is 28.4 Å². The van der Waals surface area contributed by atoms with E-state index in [0.29, 0.717) is 5.56 Å². The van der Waals surface area contributed by atoms with Crippen molar-refractivity contribution < 1.29 is 0 Å². The lowest BCUT2D eigenvalue weighted by atomic mass is 10.1. The maximum atomic E-state index is 9.09. The average Bonchev–Trinajstić information content (AvgIpc) is 3.01. The van der Waals surface area contributed by atoms with E-state index in [1.54, 1.807) is 6.07 Å². The number of aromatic nitrogens is 3. The Morgan fingerprint density at radius 2 is 1.88 bits per heavy atom. The van der Waals surface area contributed by atoms with Crippen LogP contribution < -0.4 is 4.90 Å². The first-order valence-corrected chi connectivity index (χ1v) is 7.85. The van der Waals surface area contributed by atoms with E-state index >= 15 is 0 Å². The number of aryl methyl sites for hydroxylation is 1. The van der Waals surface area contributed by atoms with E-state index < -0.39 is 0 Å². The van der Waals surface area contributed by atoms with Crippen LogP contribution in [-0.2, 0) is 6.54 Å². The Balaban J connectivity index is 1.82. The smallest absolute Gasteiger partial charge is 0.164 e. The van der Waals surface area contributed by atoms with Crippen molar-refractivity contribution in [1.82, 2.24) is 14.8 Å². The van der Waals surface area contributed by atoms with E-state index in [2.05, 4.69) is 44.9 Å². The van der Waals surface area contributed by atoms with Gasteiger partial charge in [-0.25, -0.2) is 0 Å². The normalized spacial score (nSPS) is 10.4. The highest BCUT2D eigenvalue weighted by molar-refractivity contribution is 5.58. The summed E-state index contributed by atoms with van der Waals surface area (Å²) in [5.74, 6) is 1.67.